The number of guanidine groups is 1. The van der Waals surface area contributed by atoms with Gasteiger partial charge in [-0.2, -0.15) is 0 Å². The second-order valence-corrected chi connectivity index (χ2v) is 4.98. The smallest absolute Gasteiger partial charge is 0.329 e. The molecule has 3 aliphatic heterocycles. The minimum atomic E-state index is -2.35. The summed E-state index contributed by atoms with van der Waals surface area (Å²) in [5.74, 6) is -2.44. The molecule has 12 nitrogen and oxygen atoms in total. The fourth-order valence-electron chi connectivity index (χ4n) is 2.67. The molecule has 0 aromatic rings. The molecular weight excluding hydrogens is 302 g/mol. The van der Waals surface area contributed by atoms with E-state index in [1.807, 2.05) is 5.32 Å². The summed E-state index contributed by atoms with van der Waals surface area (Å²) in [6, 6.07) is -1.05. The fraction of sp³-hybridized carbons (Fsp3) is 0.600. The largest absolute Gasteiger partial charge is 0.394 e. The van der Waals surface area contributed by atoms with Gasteiger partial charge in [-0.3, -0.25) is 25.1 Å². The fourth-order valence-corrected chi connectivity index (χ4v) is 2.67. The topological polar surface area (TPSA) is 187 Å². The van der Waals surface area contributed by atoms with Crippen LogP contribution in [0.3, 0.4) is 0 Å². The van der Waals surface area contributed by atoms with Crippen molar-refractivity contribution in [3.63, 3.8) is 0 Å². The summed E-state index contributed by atoms with van der Waals surface area (Å²) in [7, 11) is 0. The van der Waals surface area contributed by atoms with Crippen molar-refractivity contribution < 1.29 is 34.4 Å². The maximum Gasteiger partial charge on any atom is 0.329 e. The normalized spacial score (nSPS) is 41.1. The second-order valence-electron chi connectivity index (χ2n) is 4.98. The number of carbonyl (C=O) groups excluding carboxylic acids is 3. The van der Waals surface area contributed by atoms with Crippen molar-refractivity contribution in [2.45, 2.75) is 30.2 Å². The SMILES string of the molecule is NC1=NC2(C(=O)NC(=O)N2[C@@H]2O[C@H](CO)[C@@H](O)[C@H]2O)C(=O)N1. The first-order valence-electron chi connectivity index (χ1n) is 6.27. The molecule has 0 radical (unpaired) electrons. The Bertz CT molecular complexity index is 594. The van der Waals surface area contributed by atoms with Gasteiger partial charge in [0.05, 0.1) is 6.61 Å². The van der Waals surface area contributed by atoms with E-state index in [1.165, 1.54) is 0 Å². The van der Waals surface area contributed by atoms with Crippen LogP contribution in [0.25, 0.3) is 0 Å². The van der Waals surface area contributed by atoms with E-state index in [9.17, 15) is 24.6 Å². The lowest BCUT2D eigenvalue weighted by molar-refractivity contribution is -0.149. The number of urea groups is 1. The van der Waals surface area contributed by atoms with Crippen LogP contribution < -0.4 is 16.4 Å². The first-order valence-corrected chi connectivity index (χ1v) is 6.27. The van der Waals surface area contributed by atoms with E-state index in [4.69, 9.17) is 15.6 Å². The molecule has 2 saturated heterocycles. The number of hydrogen-bond donors (Lipinski definition) is 6. The molecule has 7 N–H and O–H groups in total. The van der Waals surface area contributed by atoms with Crippen LogP contribution in [0, 0.1) is 0 Å². The van der Waals surface area contributed by atoms with Gasteiger partial charge in [-0.1, -0.05) is 0 Å². The monoisotopic (exact) mass is 315 g/mol. The average molecular weight is 315 g/mol. The highest BCUT2D eigenvalue weighted by molar-refractivity contribution is 6.25. The van der Waals surface area contributed by atoms with Gasteiger partial charge < -0.3 is 25.8 Å². The lowest BCUT2D eigenvalue weighted by Crippen LogP contribution is -2.60. The quantitative estimate of drug-likeness (QED) is 0.216. The summed E-state index contributed by atoms with van der Waals surface area (Å²) in [4.78, 5) is 40.3. The lowest BCUT2D eigenvalue weighted by Gasteiger charge is -2.32. The van der Waals surface area contributed by atoms with E-state index in [-0.39, 0.29) is 5.96 Å². The molecule has 22 heavy (non-hydrogen) atoms. The summed E-state index contributed by atoms with van der Waals surface area (Å²) < 4.78 is 5.18. The van der Waals surface area contributed by atoms with Crippen molar-refractivity contribution >= 4 is 23.8 Å². The van der Waals surface area contributed by atoms with Gasteiger partial charge in [-0.25, -0.2) is 9.79 Å². The third kappa shape index (κ3) is 1.65. The summed E-state index contributed by atoms with van der Waals surface area (Å²) in [5.41, 5.74) is 3.02. The van der Waals surface area contributed by atoms with Gasteiger partial charge in [0.1, 0.15) is 18.3 Å². The number of aliphatic imine (C=N–C) groups is 1. The van der Waals surface area contributed by atoms with Crippen molar-refractivity contribution in [3.8, 4) is 0 Å². The number of nitrogens with two attached hydrogens (primary N) is 1. The number of hydrogen-bond acceptors (Lipinski definition) is 9. The Kier molecular flexibility index (Phi) is 3.07. The van der Waals surface area contributed by atoms with Crippen molar-refractivity contribution in [3.05, 3.63) is 0 Å². The Hall–Kier alpha value is -2.28. The van der Waals surface area contributed by atoms with Crippen LogP contribution in [0.1, 0.15) is 0 Å². The van der Waals surface area contributed by atoms with Crippen LogP contribution in [-0.2, 0) is 14.3 Å². The number of rotatable bonds is 2. The van der Waals surface area contributed by atoms with Crippen LogP contribution >= 0.6 is 0 Å². The van der Waals surface area contributed by atoms with Gasteiger partial charge >= 0.3 is 11.7 Å². The maximum atomic E-state index is 12.1. The first-order chi connectivity index (χ1) is 10.3. The third-order valence-electron chi connectivity index (χ3n) is 3.72. The highest BCUT2D eigenvalue weighted by atomic mass is 16.6. The zero-order valence-electron chi connectivity index (χ0n) is 11.0. The zero-order chi connectivity index (χ0) is 16.2. The molecule has 2 fully saturated rings. The Balaban J connectivity index is 2.03. The summed E-state index contributed by atoms with van der Waals surface area (Å²) >= 11 is 0. The van der Waals surface area contributed by atoms with Crippen LogP contribution in [0.4, 0.5) is 4.79 Å². The number of nitrogens with zero attached hydrogens (tertiary/aromatic N) is 2. The standard InChI is InChI=1S/C10H13N5O7/c11-8-12-6(19)10(14-8)7(20)13-9(21)15(10)5-4(18)3(17)2(1-16)22-5/h2-5,16-18H,1H2,(H,13,20,21)(H3,11,12,14,19)/t2-,3-,4-,5-,10?/m1/s1. The van der Waals surface area contributed by atoms with Crippen LogP contribution in [0.15, 0.2) is 4.99 Å². The number of aliphatic hydroxyl groups excluding tert-OH is 3. The number of carbonyl (C=O) groups is 3. The Morgan fingerprint density at radius 1 is 1.23 bits per heavy atom. The Morgan fingerprint density at radius 2 is 1.86 bits per heavy atom. The maximum absolute atomic E-state index is 12.1. The molecule has 3 heterocycles. The highest BCUT2D eigenvalue weighted by Gasteiger charge is 2.66. The molecule has 3 aliphatic rings. The summed E-state index contributed by atoms with van der Waals surface area (Å²) in [6.45, 7) is -0.636. The van der Waals surface area contributed by atoms with Crippen LogP contribution in [-0.4, -0.2) is 80.8 Å². The average Bonchev–Trinajstić information content (AvgIpc) is 2.99. The zero-order valence-corrected chi connectivity index (χ0v) is 11.0. The van der Waals surface area contributed by atoms with Gasteiger partial charge in [-0.05, 0) is 0 Å². The Morgan fingerprint density at radius 3 is 2.36 bits per heavy atom. The molecule has 4 amide bonds. The minimum absolute atomic E-state index is 0.383. The van der Waals surface area contributed by atoms with Crippen LogP contribution in [0.2, 0.25) is 0 Å². The number of nitrogens with one attached hydrogen (secondary N) is 2. The van der Waals surface area contributed by atoms with Crippen molar-refractivity contribution in [1.82, 2.24) is 15.5 Å². The van der Waals surface area contributed by atoms with E-state index in [0.29, 0.717) is 4.90 Å². The van der Waals surface area contributed by atoms with Crippen LogP contribution in [0.5, 0.6) is 0 Å². The Labute approximate surface area is 122 Å². The number of ether oxygens (including phenoxy) is 1. The molecule has 0 aromatic carbocycles. The highest BCUT2D eigenvalue weighted by Crippen LogP contribution is 2.35. The van der Waals surface area contributed by atoms with Gasteiger partial charge in [0.15, 0.2) is 12.2 Å². The molecule has 0 aliphatic carbocycles. The first kappa shape index (κ1) is 14.6. The van der Waals surface area contributed by atoms with Crippen molar-refractivity contribution in [2.24, 2.45) is 10.7 Å². The number of imide groups is 1. The van der Waals surface area contributed by atoms with Crippen molar-refractivity contribution in [1.29, 1.82) is 0 Å². The molecule has 5 atom stereocenters. The molecule has 0 saturated carbocycles. The summed E-state index contributed by atoms with van der Waals surface area (Å²) in [5, 5.41) is 32.8. The van der Waals surface area contributed by atoms with Gasteiger partial charge in [0, 0.05) is 0 Å². The second kappa shape index (κ2) is 4.61. The number of aliphatic hydroxyl groups is 3. The lowest BCUT2D eigenvalue weighted by atomic mass is 10.1. The molecule has 12 heteroatoms. The molecule has 3 rings (SSSR count). The van der Waals surface area contributed by atoms with Crippen molar-refractivity contribution in [2.75, 3.05) is 6.61 Å². The van der Waals surface area contributed by atoms with Gasteiger partial charge in [0.25, 0.3) is 11.8 Å². The molecule has 0 bridgehead atoms. The molecule has 120 valence electrons. The third-order valence-corrected chi connectivity index (χ3v) is 3.72. The van der Waals surface area contributed by atoms with E-state index in [0.717, 1.165) is 0 Å². The molecular formula is C10H13N5O7. The predicted octanol–water partition coefficient (Wildman–Crippen LogP) is -4.88. The van der Waals surface area contributed by atoms with E-state index >= 15 is 0 Å². The molecule has 1 spiro atoms. The van der Waals surface area contributed by atoms with E-state index in [1.54, 1.807) is 0 Å². The predicted molar refractivity (Wildman–Crippen MR) is 65.6 cm³/mol. The van der Waals surface area contributed by atoms with E-state index < -0.39 is 54.7 Å². The minimum Gasteiger partial charge on any atom is -0.394 e. The molecule has 0 aromatic heterocycles. The van der Waals surface area contributed by atoms with Gasteiger partial charge in [-0.15, -0.1) is 0 Å². The molecule has 1 unspecified atom stereocenters. The number of amides is 4. The van der Waals surface area contributed by atoms with Gasteiger partial charge in [0.2, 0.25) is 0 Å². The van der Waals surface area contributed by atoms with E-state index in [2.05, 4.69) is 10.3 Å². The summed E-state index contributed by atoms with van der Waals surface area (Å²) in [6.07, 6.45) is -5.93.